The first-order chi connectivity index (χ1) is 7.55. The summed E-state index contributed by atoms with van der Waals surface area (Å²) in [5.74, 6) is 0. The quantitative estimate of drug-likeness (QED) is 0.640. The molecule has 0 bridgehead atoms. The maximum atomic E-state index is 8.56. The number of nitrogens with one attached hydrogen (secondary N) is 1. The Balaban J connectivity index is 2.02. The van der Waals surface area contributed by atoms with Gasteiger partial charge in [-0.2, -0.15) is 5.26 Å². The molecule has 1 aliphatic carbocycles. The van der Waals surface area contributed by atoms with Crippen molar-refractivity contribution in [1.29, 1.82) is 5.26 Å². The van der Waals surface area contributed by atoms with E-state index >= 15 is 0 Å². The van der Waals surface area contributed by atoms with Crippen LogP contribution < -0.4 is 5.32 Å². The SMILES string of the molecule is CN(CCNCC(C)(C)CCC#N)C1CC1. The monoisotopic (exact) mass is 223 g/mol. The number of likely N-dealkylation sites (N-methyl/N-ethyl adjacent to an activating group) is 1. The van der Waals surface area contributed by atoms with E-state index in [1.807, 2.05) is 0 Å². The Morgan fingerprint density at radius 3 is 2.69 bits per heavy atom. The van der Waals surface area contributed by atoms with Crippen LogP contribution in [0.1, 0.15) is 39.5 Å². The van der Waals surface area contributed by atoms with Gasteiger partial charge in [0.25, 0.3) is 0 Å². The van der Waals surface area contributed by atoms with Gasteiger partial charge in [0.05, 0.1) is 6.07 Å². The fourth-order valence-corrected chi connectivity index (χ4v) is 1.86. The molecule has 92 valence electrons. The van der Waals surface area contributed by atoms with Crippen molar-refractivity contribution in [3.63, 3.8) is 0 Å². The van der Waals surface area contributed by atoms with Crippen LogP contribution >= 0.6 is 0 Å². The van der Waals surface area contributed by atoms with Crippen LogP contribution in [-0.4, -0.2) is 37.6 Å². The van der Waals surface area contributed by atoms with Gasteiger partial charge in [-0.1, -0.05) is 13.8 Å². The Morgan fingerprint density at radius 1 is 1.44 bits per heavy atom. The van der Waals surface area contributed by atoms with Crippen molar-refractivity contribution < 1.29 is 0 Å². The van der Waals surface area contributed by atoms with Gasteiger partial charge >= 0.3 is 0 Å². The summed E-state index contributed by atoms with van der Waals surface area (Å²) < 4.78 is 0. The van der Waals surface area contributed by atoms with E-state index in [0.29, 0.717) is 6.42 Å². The van der Waals surface area contributed by atoms with E-state index in [-0.39, 0.29) is 5.41 Å². The molecular formula is C13H25N3. The first-order valence-electron chi connectivity index (χ1n) is 6.33. The molecule has 0 aliphatic heterocycles. The van der Waals surface area contributed by atoms with Gasteiger partial charge < -0.3 is 10.2 Å². The number of nitrogens with zero attached hydrogens (tertiary/aromatic N) is 2. The number of rotatable bonds is 8. The van der Waals surface area contributed by atoms with Crippen LogP contribution in [0.3, 0.4) is 0 Å². The lowest BCUT2D eigenvalue weighted by Crippen LogP contribution is -2.35. The van der Waals surface area contributed by atoms with Crippen molar-refractivity contribution in [3.8, 4) is 6.07 Å². The molecular weight excluding hydrogens is 198 g/mol. The average molecular weight is 223 g/mol. The van der Waals surface area contributed by atoms with Crippen LogP contribution in [0.15, 0.2) is 0 Å². The van der Waals surface area contributed by atoms with Gasteiger partial charge in [-0.3, -0.25) is 0 Å². The highest BCUT2D eigenvalue weighted by Crippen LogP contribution is 2.24. The van der Waals surface area contributed by atoms with E-state index in [1.54, 1.807) is 0 Å². The maximum absolute atomic E-state index is 8.56. The Hall–Kier alpha value is -0.590. The molecule has 1 N–H and O–H groups in total. The molecule has 3 nitrogen and oxygen atoms in total. The van der Waals surface area contributed by atoms with Crippen molar-refractivity contribution in [1.82, 2.24) is 10.2 Å². The van der Waals surface area contributed by atoms with Crippen LogP contribution in [0.2, 0.25) is 0 Å². The summed E-state index contributed by atoms with van der Waals surface area (Å²) in [6.45, 7) is 7.65. The fourth-order valence-electron chi connectivity index (χ4n) is 1.86. The molecule has 0 unspecified atom stereocenters. The summed E-state index contributed by atoms with van der Waals surface area (Å²) >= 11 is 0. The van der Waals surface area contributed by atoms with Crippen molar-refractivity contribution in [2.45, 2.75) is 45.6 Å². The van der Waals surface area contributed by atoms with E-state index in [2.05, 4.69) is 37.2 Å². The molecule has 0 aromatic carbocycles. The molecule has 3 heteroatoms. The van der Waals surface area contributed by atoms with Crippen molar-refractivity contribution >= 4 is 0 Å². The third-order valence-corrected chi connectivity index (χ3v) is 3.33. The van der Waals surface area contributed by atoms with Gasteiger partial charge in [-0.05, 0) is 31.7 Å². The zero-order chi connectivity index (χ0) is 12.0. The number of hydrogen-bond donors (Lipinski definition) is 1. The molecule has 1 fully saturated rings. The molecule has 0 saturated heterocycles. The molecule has 0 amide bonds. The van der Waals surface area contributed by atoms with Crippen LogP contribution in [0.5, 0.6) is 0 Å². The van der Waals surface area contributed by atoms with E-state index in [1.165, 1.54) is 12.8 Å². The van der Waals surface area contributed by atoms with Crippen LogP contribution in [0.25, 0.3) is 0 Å². The first kappa shape index (κ1) is 13.5. The zero-order valence-corrected chi connectivity index (χ0v) is 10.9. The minimum atomic E-state index is 0.244. The fraction of sp³-hybridized carbons (Fsp3) is 0.923. The minimum absolute atomic E-state index is 0.244. The highest BCUT2D eigenvalue weighted by Gasteiger charge is 2.25. The predicted molar refractivity (Wildman–Crippen MR) is 67.1 cm³/mol. The summed E-state index contributed by atoms with van der Waals surface area (Å²) in [5, 5.41) is 12.1. The Bertz CT molecular complexity index is 238. The lowest BCUT2D eigenvalue weighted by Gasteiger charge is -2.24. The molecule has 0 aromatic heterocycles. The second kappa shape index (κ2) is 6.22. The average Bonchev–Trinajstić information content (AvgIpc) is 3.05. The lowest BCUT2D eigenvalue weighted by atomic mass is 9.88. The van der Waals surface area contributed by atoms with Crippen molar-refractivity contribution in [2.24, 2.45) is 5.41 Å². The van der Waals surface area contributed by atoms with Gasteiger partial charge in [0.1, 0.15) is 0 Å². The van der Waals surface area contributed by atoms with Gasteiger partial charge in [-0.25, -0.2) is 0 Å². The molecule has 16 heavy (non-hydrogen) atoms. The molecule has 0 radical (unpaired) electrons. The summed E-state index contributed by atoms with van der Waals surface area (Å²) in [6, 6.07) is 3.07. The molecule has 0 atom stereocenters. The van der Waals surface area contributed by atoms with Gasteiger partial charge in [-0.15, -0.1) is 0 Å². The second-order valence-electron chi connectivity index (χ2n) is 5.71. The van der Waals surface area contributed by atoms with Gasteiger partial charge in [0, 0.05) is 32.1 Å². The summed E-state index contributed by atoms with van der Waals surface area (Å²) in [7, 11) is 2.21. The van der Waals surface area contributed by atoms with E-state index < -0.39 is 0 Å². The van der Waals surface area contributed by atoms with Gasteiger partial charge in [0.2, 0.25) is 0 Å². The molecule has 0 spiro atoms. The summed E-state index contributed by atoms with van der Waals surface area (Å²) in [4.78, 5) is 2.44. The van der Waals surface area contributed by atoms with Crippen molar-refractivity contribution in [2.75, 3.05) is 26.7 Å². The molecule has 1 saturated carbocycles. The second-order valence-corrected chi connectivity index (χ2v) is 5.71. The molecule has 1 rings (SSSR count). The minimum Gasteiger partial charge on any atom is -0.315 e. The van der Waals surface area contributed by atoms with Crippen LogP contribution in [0, 0.1) is 16.7 Å². The third kappa shape index (κ3) is 5.48. The Labute approximate surface area is 99.8 Å². The largest absolute Gasteiger partial charge is 0.315 e. The molecule has 0 heterocycles. The maximum Gasteiger partial charge on any atom is 0.0621 e. The van der Waals surface area contributed by atoms with Gasteiger partial charge in [0.15, 0.2) is 0 Å². The zero-order valence-electron chi connectivity index (χ0n) is 10.9. The normalized spacial score (nSPS) is 16.4. The van der Waals surface area contributed by atoms with E-state index in [9.17, 15) is 0 Å². The number of hydrogen-bond acceptors (Lipinski definition) is 3. The van der Waals surface area contributed by atoms with Crippen molar-refractivity contribution in [3.05, 3.63) is 0 Å². The highest BCUT2D eigenvalue weighted by atomic mass is 15.2. The Kier molecular flexibility index (Phi) is 5.24. The third-order valence-electron chi connectivity index (χ3n) is 3.33. The van der Waals surface area contributed by atoms with E-state index in [4.69, 9.17) is 5.26 Å². The summed E-state index contributed by atoms with van der Waals surface area (Å²) in [6.07, 6.45) is 4.40. The molecule has 1 aliphatic rings. The standard InChI is InChI=1S/C13H25N3/c1-13(2,7-4-8-14)11-15-9-10-16(3)12-5-6-12/h12,15H,4-7,9-11H2,1-3H3. The first-order valence-corrected chi connectivity index (χ1v) is 6.33. The molecule has 0 aromatic rings. The lowest BCUT2D eigenvalue weighted by molar-refractivity contribution is 0.287. The predicted octanol–water partition coefficient (Wildman–Crippen LogP) is 2.00. The van der Waals surface area contributed by atoms with Crippen LogP contribution in [-0.2, 0) is 0 Å². The smallest absolute Gasteiger partial charge is 0.0621 e. The highest BCUT2D eigenvalue weighted by molar-refractivity contribution is 4.83. The summed E-state index contributed by atoms with van der Waals surface area (Å²) in [5.41, 5.74) is 0.244. The Morgan fingerprint density at radius 2 is 2.12 bits per heavy atom. The topological polar surface area (TPSA) is 39.1 Å². The number of nitriles is 1. The van der Waals surface area contributed by atoms with E-state index in [0.717, 1.165) is 32.1 Å². The van der Waals surface area contributed by atoms with Crippen LogP contribution in [0.4, 0.5) is 0 Å².